The van der Waals surface area contributed by atoms with Crippen LogP contribution in [0.2, 0.25) is 0 Å². The number of benzene rings is 2. The predicted octanol–water partition coefficient (Wildman–Crippen LogP) is 4.43. The molecule has 1 N–H and O–H groups in total. The van der Waals surface area contributed by atoms with Crippen LogP contribution in [0.3, 0.4) is 0 Å². The molecule has 3 nitrogen and oxygen atoms in total. The zero-order chi connectivity index (χ0) is 13.1. The van der Waals surface area contributed by atoms with E-state index in [4.69, 9.17) is 9.52 Å². The van der Waals surface area contributed by atoms with Gasteiger partial charge in [0, 0.05) is 11.5 Å². The van der Waals surface area contributed by atoms with Crippen LogP contribution in [-0.4, -0.2) is 10.1 Å². The summed E-state index contributed by atoms with van der Waals surface area (Å²) in [5, 5.41) is 9.82. The summed E-state index contributed by atoms with van der Waals surface area (Å²) in [4.78, 5) is 4.14. The van der Waals surface area contributed by atoms with E-state index in [0.29, 0.717) is 0 Å². The van der Waals surface area contributed by atoms with Crippen molar-refractivity contribution in [2.45, 2.75) is 0 Å². The van der Waals surface area contributed by atoms with Crippen LogP contribution in [0.15, 0.2) is 64.5 Å². The monoisotopic (exact) mass is 269 g/mol. The molecule has 2 heterocycles. The highest BCUT2D eigenvalue weighted by Gasteiger charge is 1.97. The Bertz CT molecular complexity index is 741. The predicted molar refractivity (Wildman–Crippen MR) is 77.5 cm³/mol. The number of rotatable bonds is 0. The summed E-state index contributed by atoms with van der Waals surface area (Å²) in [6.45, 7) is 0. The van der Waals surface area contributed by atoms with Gasteiger partial charge < -0.3 is 9.52 Å². The van der Waals surface area contributed by atoms with Crippen LogP contribution in [0.1, 0.15) is 0 Å². The second-order valence-electron chi connectivity index (χ2n) is 3.94. The lowest BCUT2D eigenvalue weighted by atomic mass is 10.3. The molecule has 0 aliphatic carbocycles. The molecule has 0 aliphatic rings. The maximum Gasteiger partial charge on any atom is 0.282 e. The largest absolute Gasteiger partial charge is 0.481 e. The first-order chi connectivity index (χ1) is 9.33. The topological polar surface area (TPSA) is 46.3 Å². The third kappa shape index (κ3) is 2.58. The highest BCUT2D eigenvalue weighted by Crippen LogP contribution is 2.22. The zero-order valence-corrected chi connectivity index (χ0v) is 10.8. The average molecular weight is 269 g/mol. The fourth-order valence-corrected chi connectivity index (χ4v) is 2.45. The van der Waals surface area contributed by atoms with E-state index in [1.54, 1.807) is 17.4 Å². The summed E-state index contributed by atoms with van der Waals surface area (Å²) in [5.74, 6) is -0.0267. The number of furan rings is 1. The van der Waals surface area contributed by atoms with Crippen LogP contribution in [0.25, 0.3) is 21.2 Å². The lowest BCUT2D eigenvalue weighted by molar-refractivity contribution is 0.346. The van der Waals surface area contributed by atoms with E-state index in [1.807, 2.05) is 48.0 Å². The highest BCUT2D eigenvalue weighted by molar-refractivity contribution is 7.16. The minimum absolute atomic E-state index is 0.0267. The van der Waals surface area contributed by atoms with Gasteiger partial charge in [0.25, 0.3) is 5.95 Å². The Balaban J connectivity index is 0.000000117. The van der Waals surface area contributed by atoms with Gasteiger partial charge in [-0.25, -0.2) is 4.98 Å². The van der Waals surface area contributed by atoms with Gasteiger partial charge in [-0.15, -0.1) is 11.3 Å². The molecule has 0 saturated heterocycles. The van der Waals surface area contributed by atoms with Gasteiger partial charge in [0.2, 0.25) is 0 Å². The van der Waals surface area contributed by atoms with Crippen LogP contribution in [0, 0.1) is 0 Å². The van der Waals surface area contributed by atoms with Gasteiger partial charge in [-0.3, -0.25) is 0 Å². The van der Waals surface area contributed by atoms with Crippen molar-refractivity contribution >= 4 is 32.5 Å². The first kappa shape index (κ1) is 11.7. The van der Waals surface area contributed by atoms with E-state index in [-0.39, 0.29) is 5.95 Å². The normalized spacial score (nSPS) is 10.3. The third-order valence-corrected chi connectivity index (χ3v) is 3.46. The molecule has 2 aromatic carbocycles. The Morgan fingerprint density at radius 3 is 2.63 bits per heavy atom. The van der Waals surface area contributed by atoms with E-state index in [2.05, 4.69) is 11.1 Å². The van der Waals surface area contributed by atoms with Gasteiger partial charge in [0.1, 0.15) is 5.58 Å². The van der Waals surface area contributed by atoms with Gasteiger partial charge in [-0.1, -0.05) is 30.3 Å². The molecule has 4 rings (SSSR count). The Morgan fingerprint density at radius 1 is 1.00 bits per heavy atom. The van der Waals surface area contributed by atoms with Crippen LogP contribution >= 0.6 is 11.3 Å². The van der Waals surface area contributed by atoms with Gasteiger partial charge in [0.05, 0.1) is 15.7 Å². The number of fused-ring (bicyclic) bond motifs is 2. The molecule has 2 aromatic heterocycles. The van der Waals surface area contributed by atoms with E-state index in [9.17, 15) is 0 Å². The second kappa shape index (κ2) is 5.12. The van der Waals surface area contributed by atoms with Crippen molar-refractivity contribution in [1.29, 1.82) is 0 Å². The molecule has 4 heteroatoms. The summed E-state index contributed by atoms with van der Waals surface area (Å²) >= 11 is 1.68. The van der Waals surface area contributed by atoms with E-state index in [0.717, 1.165) is 16.5 Å². The molecule has 94 valence electrons. The summed E-state index contributed by atoms with van der Waals surface area (Å²) in [5.41, 5.74) is 3.69. The van der Waals surface area contributed by atoms with Gasteiger partial charge in [0.15, 0.2) is 0 Å². The number of hydrogen-bond acceptors (Lipinski definition) is 4. The number of aromatic nitrogens is 1. The molecule has 0 saturated carbocycles. The Hall–Kier alpha value is -2.33. The SMILES string of the molecule is Oc1cc2ccccc2o1.c1ccc2scnc2c1. The third-order valence-electron chi connectivity index (χ3n) is 2.65. The minimum Gasteiger partial charge on any atom is -0.481 e. The Kier molecular flexibility index (Phi) is 3.16. The van der Waals surface area contributed by atoms with Crippen LogP contribution in [0.5, 0.6) is 5.95 Å². The van der Waals surface area contributed by atoms with Crippen LogP contribution in [0.4, 0.5) is 0 Å². The fourth-order valence-electron chi connectivity index (χ4n) is 1.77. The Morgan fingerprint density at radius 2 is 1.79 bits per heavy atom. The highest BCUT2D eigenvalue weighted by atomic mass is 32.1. The van der Waals surface area contributed by atoms with Gasteiger partial charge in [-0.05, 0) is 18.2 Å². The van der Waals surface area contributed by atoms with E-state index < -0.39 is 0 Å². The average Bonchev–Trinajstić information content (AvgIpc) is 3.03. The molecule has 19 heavy (non-hydrogen) atoms. The summed E-state index contributed by atoms with van der Waals surface area (Å²) in [7, 11) is 0. The zero-order valence-electron chi connectivity index (χ0n) is 9.98. The summed E-state index contributed by atoms with van der Waals surface area (Å²) < 4.78 is 6.18. The van der Waals surface area contributed by atoms with Crippen molar-refractivity contribution in [2.75, 3.05) is 0 Å². The molecule has 0 radical (unpaired) electrons. The number of aromatic hydroxyl groups is 1. The molecule has 0 fully saturated rings. The molecule has 4 aromatic rings. The standard InChI is InChI=1S/C8H6O2.C7H5NS/c9-8-5-6-3-1-2-4-7(6)10-8;1-2-4-7-6(3-1)8-5-9-7/h1-5,9H;1-5H. The number of thiazole rings is 1. The van der Waals surface area contributed by atoms with Crippen molar-refractivity contribution in [1.82, 2.24) is 4.98 Å². The van der Waals surface area contributed by atoms with E-state index in [1.165, 1.54) is 4.70 Å². The molecule has 0 bridgehead atoms. The summed E-state index contributed by atoms with van der Waals surface area (Å²) in [6.07, 6.45) is 0. The fraction of sp³-hybridized carbons (Fsp3) is 0. The lowest BCUT2D eigenvalue weighted by Gasteiger charge is -1.81. The maximum atomic E-state index is 8.89. The van der Waals surface area contributed by atoms with Crippen molar-refractivity contribution in [3.63, 3.8) is 0 Å². The van der Waals surface area contributed by atoms with Crippen molar-refractivity contribution in [3.8, 4) is 5.95 Å². The molecule has 0 spiro atoms. The molecular weight excluding hydrogens is 258 g/mol. The lowest BCUT2D eigenvalue weighted by Crippen LogP contribution is -1.61. The quantitative estimate of drug-likeness (QED) is 0.513. The number of para-hydroxylation sites is 2. The van der Waals surface area contributed by atoms with Gasteiger partial charge >= 0.3 is 0 Å². The number of hydrogen-bond donors (Lipinski definition) is 1. The van der Waals surface area contributed by atoms with Gasteiger partial charge in [-0.2, -0.15) is 0 Å². The first-order valence-electron chi connectivity index (χ1n) is 5.79. The second-order valence-corrected chi connectivity index (χ2v) is 4.83. The minimum atomic E-state index is -0.0267. The molecular formula is C15H11NO2S. The molecule has 0 aliphatic heterocycles. The molecule has 0 atom stereocenters. The smallest absolute Gasteiger partial charge is 0.282 e. The van der Waals surface area contributed by atoms with Crippen molar-refractivity contribution < 1.29 is 9.52 Å². The maximum absolute atomic E-state index is 8.89. The molecule has 0 unspecified atom stereocenters. The van der Waals surface area contributed by atoms with Crippen molar-refractivity contribution in [2.24, 2.45) is 0 Å². The Labute approximate surface area is 113 Å². The van der Waals surface area contributed by atoms with Crippen LogP contribution in [-0.2, 0) is 0 Å². The van der Waals surface area contributed by atoms with Crippen molar-refractivity contribution in [3.05, 3.63) is 60.1 Å². The first-order valence-corrected chi connectivity index (χ1v) is 6.67. The molecule has 0 amide bonds. The number of nitrogens with zero attached hydrogens (tertiary/aromatic N) is 1. The van der Waals surface area contributed by atoms with Crippen LogP contribution < -0.4 is 0 Å². The summed E-state index contributed by atoms with van der Waals surface area (Å²) in [6, 6.07) is 17.2. The van der Waals surface area contributed by atoms with E-state index >= 15 is 0 Å².